The zero-order valence-electron chi connectivity index (χ0n) is 12.2. The van der Waals surface area contributed by atoms with E-state index in [1.54, 1.807) is 0 Å². The smallest absolute Gasteiger partial charge is 0.223 e. The van der Waals surface area contributed by atoms with Crippen molar-refractivity contribution in [1.82, 2.24) is 5.32 Å². The van der Waals surface area contributed by atoms with E-state index in [4.69, 9.17) is 10.5 Å². The Morgan fingerprint density at radius 3 is 2.79 bits per heavy atom. The fourth-order valence-corrected chi connectivity index (χ4v) is 3.41. The lowest BCUT2D eigenvalue weighted by Crippen LogP contribution is -2.45. The molecule has 0 spiro atoms. The van der Waals surface area contributed by atoms with Crippen LogP contribution in [0.2, 0.25) is 0 Å². The largest absolute Gasteiger partial charge is 0.378 e. The van der Waals surface area contributed by atoms with Gasteiger partial charge in [-0.05, 0) is 43.9 Å². The van der Waals surface area contributed by atoms with E-state index in [-0.39, 0.29) is 17.9 Å². The van der Waals surface area contributed by atoms with E-state index in [1.807, 2.05) is 0 Å². The third kappa shape index (κ3) is 3.93. The minimum absolute atomic E-state index is 0.0932. The number of hydrogen-bond acceptors (Lipinski definition) is 3. The zero-order chi connectivity index (χ0) is 13.8. The minimum atomic E-state index is 0.0932. The highest BCUT2D eigenvalue weighted by Gasteiger charge is 2.34. The lowest BCUT2D eigenvalue weighted by molar-refractivity contribution is -0.128. The van der Waals surface area contributed by atoms with Crippen LogP contribution in [0.5, 0.6) is 0 Å². The van der Waals surface area contributed by atoms with Gasteiger partial charge in [-0.15, -0.1) is 0 Å². The number of nitrogens with one attached hydrogen (secondary N) is 1. The summed E-state index contributed by atoms with van der Waals surface area (Å²) in [5.41, 5.74) is 6.10. The standard InChI is InChI=1S/C15H28N2O2/c1-10-8-11(2)14(16)9-13(10)15(18)17-6-5-12-4-3-7-19-12/h10-14H,3-9,16H2,1-2H3,(H,17,18). The molecule has 1 heterocycles. The van der Waals surface area contributed by atoms with E-state index in [0.717, 1.165) is 45.3 Å². The molecule has 1 aliphatic heterocycles. The van der Waals surface area contributed by atoms with Crippen molar-refractivity contribution in [2.75, 3.05) is 13.2 Å². The summed E-state index contributed by atoms with van der Waals surface area (Å²) in [5.74, 6) is 1.26. The van der Waals surface area contributed by atoms with E-state index in [9.17, 15) is 4.79 Å². The van der Waals surface area contributed by atoms with Crippen LogP contribution < -0.4 is 11.1 Å². The van der Waals surface area contributed by atoms with E-state index >= 15 is 0 Å². The number of carbonyl (C=O) groups is 1. The van der Waals surface area contributed by atoms with E-state index in [0.29, 0.717) is 17.9 Å². The summed E-state index contributed by atoms with van der Waals surface area (Å²) < 4.78 is 5.56. The van der Waals surface area contributed by atoms with Crippen molar-refractivity contribution in [3.63, 3.8) is 0 Å². The van der Waals surface area contributed by atoms with Gasteiger partial charge in [-0.2, -0.15) is 0 Å². The molecule has 1 aliphatic carbocycles. The molecule has 1 amide bonds. The maximum absolute atomic E-state index is 12.2. The molecular formula is C15H28N2O2. The highest BCUT2D eigenvalue weighted by molar-refractivity contribution is 5.79. The van der Waals surface area contributed by atoms with Crippen molar-refractivity contribution in [3.8, 4) is 0 Å². The van der Waals surface area contributed by atoms with Crippen molar-refractivity contribution in [2.45, 2.75) is 58.1 Å². The van der Waals surface area contributed by atoms with E-state index in [1.165, 1.54) is 0 Å². The second kappa shape index (κ2) is 6.71. The van der Waals surface area contributed by atoms with Gasteiger partial charge in [-0.25, -0.2) is 0 Å². The van der Waals surface area contributed by atoms with Gasteiger partial charge in [0.2, 0.25) is 5.91 Å². The summed E-state index contributed by atoms with van der Waals surface area (Å²) in [6, 6.07) is 0.171. The molecule has 0 radical (unpaired) electrons. The van der Waals surface area contributed by atoms with Gasteiger partial charge in [-0.3, -0.25) is 4.79 Å². The van der Waals surface area contributed by atoms with Gasteiger partial charge < -0.3 is 15.8 Å². The minimum Gasteiger partial charge on any atom is -0.378 e. The van der Waals surface area contributed by atoms with Crippen LogP contribution in [0, 0.1) is 17.8 Å². The number of nitrogens with two attached hydrogens (primary N) is 1. The number of rotatable bonds is 4. The number of hydrogen-bond donors (Lipinski definition) is 2. The Morgan fingerprint density at radius 1 is 1.32 bits per heavy atom. The van der Waals surface area contributed by atoms with Gasteiger partial charge in [0.1, 0.15) is 0 Å². The van der Waals surface area contributed by atoms with Crippen LogP contribution in [0.15, 0.2) is 0 Å². The summed E-state index contributed by atoms with van der Waals surface area (Å²) in [6.07, 6.45) is 5.48. The number of carbonyl (C=O) groups excluding carboxylic acids is 1. The predicted molar refractivity (Wildman–Crippen MR) is 75.6 cm³/mol. The highest BCUT2D eigenvalue weighted by atomic mass is 16.5. The van der Waals surface area contributed by atoms with Crippen LogP contribution in [0.1, 0.15) is 46.0 Å². The molecule has 1 saturated heterocycles. The summed E-state index contributed by atoms with van der Waals surface area (Å²) in [5, 5.41) is 3.07. The summed E-state index contributed by atoms with van der Waals surface area (Å²) in [7, 11) is 0. The van der Waals surface area contributed by atoms with Gasteiger partial charge in [0.25, 0.3) is 0 Å². The first-order valence-corrected chi connectivity index (χ1v) is 7.72. The van der Waals surface area contributed by atoms with Crippen molar-refractivity contribution in [1.29, 1.82) is 0 Å². The summed E-state index contributed by atoms with van der Waals surface area (Å²) in [4.78, 5) is 12.2. The van der Waals surface area contributed by atoms with Gasteiger partial charge in [0.15, 0.2) is 0 Å². The number of amides is 1. The van der Waals surface area contributed by atoms with Gasteiger partial charge in [-0.1, -0.05) is 13.8 Å². The van der Waals surface area contributed by atoms with Crippen LogP contribution >= 0.6 is 0 Å². The third-order valence-corrected chi connectivity index (χ3v) is 4.81. The fraction of sp³-hybridized carbons (Fsp3) is 0.933. The van der Waals surface area contributed by atoms with Gasteiger partial charge >= 0.3 is 0 Å². The Hall–Kier alpha value is -0.610. The van der Waals surface area contributed by atoms with Crippen LogP contribution in [0.25, 0.3) is 0 Å². The van der Waals surface area contributed by atoms with Crippen molar-refractivity contribution >= 4 is 5.91 Å². The van der Waals surface area contributed by atoms with Gasteiger partial charge in [0.05, 0.1) is 6.10 Å². The molecule has 5 atom stereocenters. The highest BCUT2D eigenvalue weighted by Crippen LogP contribution is 2.32. The Kier molecular flexibility index (Phi) is 5.22. The Bertz CT molecular complexity index is 303. The molecule has 0 aromatic carbocycles. The van der Waals surface area contributed by atoms with Crippen molar-refractivity contribution in [3.05, 3.63) is 0 Å². The molecule has 0 aromatic rings. The van der Waals surface area contributed by atoms with Gasteiger partial charge in [0, 0.05) is 25.1 Å². The first-order chi connectivity index (χ1) is 9.08. The molecule has 1 saturated carbocycles. The lowest BCUT2D eigenvalue weighted by atomic mass is 9.72. The maximum atomic E-state index is 12.2. The average Bonchev–Trinajstić information content (AvgIpc) is 2.86. The number of ether oxygens (including phenoxy) is 1. The zero-order valence-corrected chi connectivity index (χ0v) is 12.2. The monoisotopic (exact) mass is 268 g/mol. The molecule has 110 valence electrons. The molecule has 4 nitrogen and oxygen atoms in total. The molecule has 2 rings (SSSR count). The summed E-state index contributed by atoms with van der Waals surface area (Å²) in [6.45, 7) is 5.97. The molecule has 2 aliphatic rings. The van der Waals surface area contributed by atoms with Crippen LogP contribution in [-0.2, 0) is 9.53 Å². The van der Waals surface area contributed by atoms with E-state index < -0.39 is 0 Å². The molecule has 19 heavy (non-hydrogen) atoms. The average molecular weight is 268 g/mol. The molecule has 3 N–H and O–H groups in total. The molecule has 5 unspecified atom stereocenters. The van der Waals surface area contributed by atoms with Crippen molar-refractivity contribution < 1.29 is 9.53 Å². The Balaban J connectivity index is 1.72. The third-order valence-electron chi connectivity index (χ3n) is 4.81. The molecular weight excluding hydrogens is 240 g/mol. The Morgan fingerprint density at radius 2 is 2.11 bits per heavy atom. The van der Waals surface area contributed by atoms with Crippen LogP contribution in [0.4, 0.5) is 0 Å². The predicted octanol–water partition coefficient (Wildman–Crippen LogP) is 1.68. The second-order valence-corrected chi connectivity index (χ2v) is 6.41. The topological polar surface area (TPSA) is 64.3 Å². The molecule has 0 aromatic heterocycles. The maximum Gasteiger partial charge on any atom is 0.223 e. The van der Waals surface area contributed by atoms with Crippen molar-refractivity contribution in [2.24, 2.45) is 23.5 Å². The fourth-order valence-electron chi connectivity index (χ4n) is 3.41. The normalized spacial score (nSPS) is 39.2. The first-order valence-electron chi connectivity index (χ1n) is 7.72. The second-order valence-electron chi connectivity index (χ2n) is 6.41. The van der Waals surface area contributed by atoms with E-state index in [2.05, 4.69) is 19.2 Å². The summed E-state index contributed by atoms with van der Waals surface area (Å²) >= 11 is 0. The van der Waals surface area contributed by atoms with Crippen LogP contribution in [0.3, 0.4) is 0 Å². The molecule has 0 bridgehead atoms. The SMILES string of the molecule is CC1CC(C)C(C(=O)NCCC2CCCO2)CC1N. The lowest BCUT2D eigenvalue weighted by Gasteiger charge is -2.36. The van der Waals surface area contributed by atoms with Crippen LogP contribution in [-0.4, -0.2) is 31.2 Å². The Labute approximate surface area is 116 Å². The quantitative estimate of drug-likeness (QED) is 0.815. The first kappa shape index (κ1) is 14.8. The molecule has 2 fully saturated rings. The molecule has 4 heteroatoms.